The Hall–Kier alpha value is -6.51. The third-order valence-electron chi connectivity index (χ3n) is 9.96. The van der Waals surface area contributed by atoms with Gasteiger partial charge in [-0.1, -0.05) is 146 Å². The van der Waals surface area contributed by atoms with Gasteiger partial charge in [-0.25, -0.2) is 4.98 Å². The molecule has 0 saturated heterocycles. The molecule has 2 nitrogen and oxygen atoms in total. The first kappa shape index (κ1) is 27.6. The van der Waals surface area contributed by atoms with Crippen molar-refractivity contribution in [3.63, 3.8) is 0 Å². The van der Waals surface area contributed by atoms with Crippen LogP contribution in [0.2, 0.25) is 0 Å². The molecule has 0 aliphatic heterocycles. The molecule has 0 saturated carbocycles. The van der Waals surface area contributed by atoms with Crippen LogP contribution in [0, 0.1) is 0 Å². The SMILES string of the molecule is c1ccc(-c2cc(-c3ccccc3)nc(-c3cccc(-n4c5ccccc5c5c6ccc7c8ccccc8ccc7c6ccc54)c3)c2)cc1. The van der Waals surface area contributed by atoms with E-state index in [1.54, 1.807) is 0 Å². The molecule has 0 unspecified atom stereocenters. The second-order valence-electron chi connectivity index (χ2n) is 12.8. The summed E-state index contributed by atoms with van der Waals surface area (Å²) < 4.78 is 2.41. The first-order valence-electron chi connectivity index (χ1n) is 16.8. The Balaban J connectivity index is 1.19. The van der Waals surface area contributed by atoms with Crippen LogP contribution >= 0.6 is 0 Å². The van der Waals surface area contributed by atoms with Gasteiger partial charge in [-0.3, -0.25) is 0 Å². The van der Waals surface area contributed by atoms with Crippen molar-refractivity contribution in [2.24, 2.45) is 0 Å². The fourth-order valence-electron chi connectivity index (χ4n) is 7.69. The van der Waals surface area contributed by atoms with E-state index in [0.29, 0.717) is 0 Å². The fraction of sp³-hybridized carbons (Fsp3) is 0. The van der Waals surface area contributed by atoms with Crippen molar-refractivity contribution in [2.75, 3.05) is 0 Å². The molecule has 49 heavy (non-hydrogen) atoms. The third kappa shape index (κ3) is 4.46. The molecule has 0 spiro atoms. The second kappa shape index (κ2) is 11.0. The van der Waals surface area contributed by atoms with Crippen molar-refractivity contribution in [1.29, 1.82) is 0 Å². The topological polar surface area (TPSA) is 17.8 Å². The van der Waals surface area contributed by atoms with Gasteiger partial charge in [0.15, 0.2) is 0 Å². The molecule has 228 valence electrons. The molecule has 2 heterocycles. The quantitative estimate of drug-likeness (QED) is 0.179. The van der Waals surface area contributed by atoms with Gasteiger partial charge in [0, 0.05) is 27.6 Å². The highest BCUT2D eigenvalue weighted by Gasteiger charge is 2.17. The van der Waals surface area contributed by atoms with Crippen molar-refractivity contribution in [3.05, 3.63) is 182 Å². The lowest BCUT2D eigenvalue weighted by atomic mass is 9.95. The third-order valence-corrected chi connectivity index (χ3v) is 9.96. The Morgan fingerprint density at radius 1 is 0.327 bits per heavy atom. The van der Waals surface area contributed by atoms with Crippen LogP contribution in [-0.2, 0) is 0 Å². The number of para-hydroxylation sites is 1. The van der Waals surface area contributed by atoms with E-state index in [-0.39, 0.29) is 0 Å². The zero-order chi connectivity index (χ0) is 32.3. The standard InChI is InChI=1S/C47H30N2/c1-3-12-31(13-4-1)35-29-43(33-15-5-2-6-16-33)48-44(30-35)34-17-11-18-36(28-34)49-45-21-10-9-20-42(45)47-41-25-24-38-37-19-8-7-14-32(37)22-23-39(38)40(41)26-27-46(47)49/h1-30H. The van der Waals surface area contributed by atoms with Crippen LogP contribution in [0.4, 0.5) is 0 Å². The maximum atomic E-state index is 5.23. The van der Waals surface area contributed by atoms with Crippen LogP contribution in [0.5, 0.6) is 0 Å². The maximum absolute atomic E-state index is 5.23. The van der Waals surface area contributed by atoms with Crippen molar-refractivity contribution in [1.82, 2.24) is 9.55 Å². The summed E-state index contributed by atoms with van der Waals surface area (Å²) in [4.78, 5) is 5.23. The van der Waals surface area contributed by atoms with Gasteiger partial charge < -0.3 is 4.57 Å². The van der Waals surface area contributed by atoms with Crippen LogP contribution in [0.1, 0.15) is 0 Å². The first-order valence-corrected chi connectivity index (χ1v) is 16.8. The minimum atomic E-state index is 0.951. The van der Waals surface area contributed by atoms with Gasteiger partial charge in [0.1, 0.15) is 0 Å². The molecule has 0 radical (unpaired) electrons. The summed E-state index contributed by atoms with van der Waals surface area (Å²) >= 11 is 0. The zero-order valence-electron chi connectivity index (χ0n) is 26.7. The van der Waals surface area contributed by atoms with Gasteiger partial charge >= 0.3 is 0 Å². The molecule has 0 aliphatic rings. The monoisotopic (exact) mass is 622 g/mol. The lowest BCUT2D eigenvalue weighted by molar-refractivity contribution is 1.18. The van der Waals surface area contributed by atoms with Gasteiger partial charge in [-0.15, -0.1) is 0 Å². The Kier molecular flexibility index (Phi) is 6.22. The number of rotatable bonds is 4. The van der Waals surface area contributed by atoms with Crippen LogP contribution in [0.25, 0.3) is 93.5 Å². The Labute approximate surface area is 284 Å². The minimum absolute atomic E-state index is 0.951. The van der Waals surface area contributed by atoms with E-state index in [1.165, 1.54) is 59.7 Å². The molecule has 0 atom stereocenters. The van der Waals surface area contributed by atoms with Crippen LogP contribution in [0.15, 0.2) is 182 Å². The van der Waals surface area contributed by atoms with E-state index >= 15 is 0 Å². The molecular weight excluding hydrogens is 593 g/mol. The molecule has 10 rings (SSSR count). The van der Waals surface area contributed by atoms with Crippen molar-refractivity contribution in [3.8, 4) is 39.3 Å². The Morgan fingerprint density at radius 3 is 1.76 bits per heavy atom. The van der Waals surface area contributed by atoms with E-state index in [9.17, 15) is 0 Å². The van der Waals surface area contributed by atoms with E-state index in [2.05, 4.69) is 180 Å². The lowest BCUT2D eigenvalue weighted by Gasteiger charge is -2.13. The van der Waals surface area contributed by atoms with E-state index in [4.69, 9.17) is 4.98 Å². The maximum Gasteiger partial charge on any atom is 0.0716 e. The summed E-state index contributed by atoms with van der Waals surface area (Å²) in [6.45, 7) is 0. The molecule has 2 aromatic heterocycles. The first-order chi connectivity index (χ1) is 24.3. The summed E-state index contributed by atoms with van der Waals surface area (Å²) in [6, 6.07) is 65.5. The average Bonchev–Trinajstić information content (AvgIpc) is 3.53. The van der Waals surface area contributed by atoms with Crippen molar-refractivity contribution in [2.45, 2.75) is 0 Å². The van der Waals surface area contributed by atoms with Gasteiger partial charge in [0.2, 0.25) is 0 Å². The average molecular weight is 623 g/mol. The molecule has 10 aromatic rings. The smallest absolute Gasteiger partial charge is 0.0716 e. The molecule has 0 bridgehead atoms. The minimum Gasteiger partial charge on any atom is -0.309 e. The summed E-state index contributed by atoms with van der Waals surface area (Å²) in [5.41, 5.74) is 9.93. The van der Waals surface area contributed by atoms with E-state index in [1.807, 2.05) is 6.07 Å². The van der Waals surface area contributed by atoms with Gasteiger partial charge in [-0.05, 0) is 79.8 Å². The highest BCUT2D eigenvalue weighted by atomic mass is 15.0. The van der Waals surface area contributed by atoms with E-state index in [0.717, 1.165) is 33.8 Å². The Bertz CT molecular complexity index is 2810. The van der Waals surface area contributed by atoms with Gasteiger partial charge in [0.05, 0.1) is 22.4 Å². The highest BCUT2D eigenvalue weighted by Crippen LogP contribution is 2.41. The van der Waals surface area contributed by atoms with Crippen LogP contribution < -0.4 is 0 Å². The molecule has 0 fully saturated rings. The number of fused-ring (bicyclic) bond motifs is 9. The lowest BCUT2D eigenvalue weighted by Crippen LogP contribution is -1.96. The number of benzene rings is 8. The molecular formula is C47H30N2. The zero-order valence-corrected chi connectivity index (χ0v) is 26.7. The number of pyridine rings is 1. The van der Waals surface area contributed by atoms with Gasteiger partial charge in [0.25, 0.3) is 0 Å². The van der Waals surface area contributed by atoms with Gasteiger partial charge in [-0.2, -0.15) is 0 Å². The summed E-state index contributed by atoms with van der Waals surface area (Å²) in [6.07, 6.45) is 0. The number of hydrogen-bond acceptors (Lipinski definition) is 1. The Morgan fingerprint density at radius 2 is 0.918 bits per heavy atom. The second-order valence-corrected chi connectivity index (χ2v) is 12.8. The number of nitrogens with zero attached hydrogens (tertiary/aromatic N) is 2. The number of hydrogen-bond donors (Lipinski definition) is 0. The normalized spacial score (nSPS) is 11.7. The summed E-state index contributed by atoms with van der Waals surface area (Å²) in [7, 11) is 0. The largest absolute Gasteiger partial charge is 0.309 e. The molecule has 8 aromatic carbocycles. The van der Waals surface area contributed by atoms with Crippen molar-refractivity contribution >= 4 is 54.1 Å². The van der Waals surface area contributed by atoms with Crippen LogP contribution in [-0.4, -0.2) is 9.55 Å². The molecule has 0 amide bonds. The van der Waals surface area contributed by atoms with E-state index < -0.39 is 0 Å². The molecule has 0 N–H and O–H groups in total. The summed E-state index contributed by atoms with van der Waals surface area (Å²) in [5.74, 6) is 0. The highest BCUT2D eigenvalue weighted by molar-refractivity contribution is 6.27. The predicted octanol–water partition coefficient (Wildman–Crippen LogP) is 12.6. The molecule has 0 aliphatic carbocycles. The van der Waals surface area contributed by atoms with Crippen LogP contribution in [0.3, 0.4) is 0 Å². The summed E-state index contributed by atoms with van der Waals surface area (Å²) in [5, 5.41) is 10.2. The fourth-order valence-corrected chi connectivity index (χ4v) is 7.69. The predicted molar refractivity (Wildman–Crippen MR) is 207 cm³/mol. The molecule has 2 heteroatoms. The number of aromatic nitrogens is 2. The van der Waals surface area contributed by atoms with Crippen molar-refractivity contribution < 1.29 is 0 Å².